The molecule has 0 saturated heterocycles. The second kappa shape index (κ2) is 6.66. The van der Waals surface area contributed by atoms with Gasteiger partial charge in [0, 0.05) is 11.0 Å². The Labute approximate surface area is 104 Å². The van der Waals surface area contributed by atoms with Crippen LogP contribution in [-0.2, 0) is 14.9 Å². The van der Waals surface area contributed by atoms with Crippen molar-refractivity contribution in [2.45, 2.75) is 25.3 Å². The van der Waals surface area contributed by atoms with E-state index in [9.17, 15) is 4.79 Å². The topological polar surface area (TPSA) is 38.3 Å². The summed E-state index contributed by atoms with van der Waals surface area (Å²) in [6.07, 6.45) is 0.0709. The molecule has 88 valence electrons. The van der Waals surface area contributed by atoms with Gasteiger partial charge in [-0.1, -0.05) is 28.1 Å². The largest absolute Gasteiger partial charge is 0.369 e. The third kappa shape index (κ3) is 4.77. The Balaban J connectivity index is 2.43. The van der Waals surface area contributed by atoms with Crippen molar-refractivity contribution in [3.05, 3.63) is 29.8 Å². The second-order valence-electron chi connectivity index (χ2n) is 3.74. The van der Waals surface area contributed by atoms with Crippen molar-refractivity contribution in [1.29, 1.82) is 0 Å². The van der Waals surface area contributed by atoms with Crippen LogP contribution in [-0.4, -0.2) is 18.6 Å². The fourth-order valence-corrected chi connectivity index (χ4v) is 1.49. The highest BCUT2D eigenvalue weighted by atomic mass is 79.9. The first-order chi connectivity index (χ1) is 7.61. The quantitative estimate of drug-likeness (QED) is 0.845. The summed E-state index contributed by atoms with van der Waals surface area (Å²) in [5, 5.41) is 3.59. The summed E-state index contributed by atoms with van der Waals surface area (Å²) in [4.78, 5) is 11.4. The first kappa shape index (κ1) is 13.2. The standard InChI is InChI=1S/C12H16BrNO2/c1-9(2)16-8-12(15)14-11-5-3-10(7-13)4-6-11/h3-6,9H,7-8H2,1-2H3,(H,14,15). The van der Waals surface area contributed by atoms with Crippen molar-refractivity contribution < 1.29 is 9.53 Å². The van der Waals surface area contributed by atoms with Crippen LogP contribution in [0.4, 0.5) is 5.69 Å². The van der Waals surface area contributed by atoms with Crippen LogP contribution in [0.1, 0.15) is 19.4 Å². The van der Waals surface area contributed by atoms with Crippen molar-refractivity contribution >= 4 is 27.5 Å². The molecule has 0 aliphatic carbocycles. The highest BCUT2D eigenvalue weighted by Gasteiger charge is 2.03. The molecule has 1 aromatic rings. The maximum Gasteiger partial charge on any atom is 0.250 e. The monoisotopic (exact) mass is 285 g/mol. The van der Waals surface area contributed by atoms with E-state index in [0.717, 1.165) is 11.0 Å². The molecule has 0 aliphatic heterocycles. The number of rotatable bonds is 5. The maximum atomic E-state index is 11.4. The van der Waals surface area contributed by atoms with Crippen LogP contribution in [0, 0.1) is 0 Å². The number of carbonyl (C=O) groups is 1. The number of alkyl halides is 1. The third-order valence-corrected chi connectivity index (χ3v) is 2.59. The van der Waals surface area contributed by atoms with Crippen LogP contribution in [0.3, 0.4) is 0 Å². The molecular formula is C12H16BrNO2. The predicted molar refractivity (Wildman–Crippen MR) is 68.8 cm³/mol. The lowest BCUT2D eigenvalue weighted by Gasteiger charge is -2.08. The molecule has 0 radical (unpaired) electrons. The molecule has 0 aromatic heterocycles. The van der Waals surface area contributed by atoms with Crippen molar-refractivity contribution in [2.75, 3.05) is 11.9 Å². The Morgan fingerprint density at radius 2 is 2.00 bits per heavy atom. The zero-order chi connectivity index (χ0) is 12.0. The molecule has 0 aliphatic rings. The summed E-state index contributed by atoms with van der Waals surface area (Å²) in [6, 6.07) is 7.69. The Morgan fingerprint density at radius 3 is 2.50 bits per heavy atom. The molecule has 0 fully saturated rings. The van der Waals surface area contributed by atoms with Gasteiger partial charge in [-0.2, -0.15) is 0 Å². The number of carbonyl (C=O) groups excluding carboxylic acids is 1. The fraction of sp³-hybridized carbons (Fsp3) is 0.417. The molecule has 3 nitrogen and oxygen atoms in total. The lowest BCUT2D eigenvalue weighted by molar-refractivity contribution is -0.121. The van der Waals surface area contributed by atoms with Gasteiger partial charge in [0.25, 0.3) is 0 Å². The first-order valence-corrected chi connectivity index (χ1v) is 6.30. The van der Waals surface area contributed by atoms with Gasteiger partial charge in [-0.3, -0.25) is 4.79 Å². The molecule has 0 saturated carbocycles. The molecule has 1 aromatic carbocycles. The van der Waals surface area contributed by atoms with Gasteiger partial charge in [0.15, 0.2) is 0 Å². The van der Waals surface area contributed by atoms with Crippen LogP contribution in [0.15, 0.2) is 24.3 Å². The highest BCUT2D eigenvalue weighted by Crippen LogP contribution is 2.11. The van der Waals surface area contributed by atoms with Gasteiger partial charge in [0.1, 0.15) is 6.61 Å². The Bertz CT molecular complexity index is 335. The van der Waals surface area contributed by atoms with Crippen LogP contribution in [0.25, 0.3) is 0 Å². The first-order valence-electron chi connectivity index (χ1n) is 5.18. The summed E-state index contributed by atoms with van der Waals surface area (Å²) >= 11 is 3.37. The zero-order valence-electron chi connectivity index (χ0n) is 9.50. The number of halogens is 1. The van der Waals surface area contributed by atoms with E-state index in [1.165, 1.54) is 5.56 Å². The second-order valence-corrected chi connectivity index (χ2v) is 4.30. The van der Waals surface area contributed by atoms with E-state index < -0.39 is 0 Å². The van der Waals surface area contributed by atoms with E-state index >= 15 is 0 Å². The van der Waals surface area contributed by atoms with Gasteiger partial charge in [-0.25, -0.2) is 0 Å². The average Bonchev–Trinajstić information content (AvgIpc) is 2.27. The van der Waals surface area contributed by atoms with Gasteiger partial charge in [0.05, 0.1) is 6.10 Å². The van der Waals surface area contributed by atoms with Crippen LogP contribution >= 0.6 is 15.9 Å². The molecule has 0 atom stereocenters. The van der Waals surface area contributed by atoms with E-state index in [0.29, 0.717) is 0 Å². The van der Waals surface area contributed by atoms with Crippen molar-refractivity contribution in [1.82, 2.24) is 0 Å². The number of hydrogen-bond acceptors (Lipinski definition) is 2. The summed E-state index contributed by atoms with van der Waals surface area (Å²) < 4.78 is 5.20. The number of ether oxygens (including phenoxy) is 1. The highest BCUT2D eigenvalue weighted by molar-refractivity contribution is 9.08. The smallest absolute Gasteiger partial charge is 0.250 e. The molecular weight excluding hydrogens is 270 g/mol. The molecule has 0 spiro atoms. The molecule has 1 N–H and O–H groups in total. The number of amides is 1. The maximum absolute atomic E-state index is 11.4. The van der Waals surface area contributed by atoms with Crippen LogP contribution in [0.5, 0.6) is 0 Å². The Morgan fingerprint density at radius 1 is 1.38 bits per heavy atom. The summed E-state index contributed by atoms with van der Waals surface area (Å²) in [6.45, 7) is 3.90. The molecule has 16 heavy (non-hydrogen) atoms. The van der Waals surface area contributed by atoms with E-state index in [2.05, 4.69) is 21.2 Å². The fourth-order valence-electron chi connectivity index (χ4n) is 1.12. The molecule has 4 heteroatoms. The van der Waals surface area contributed by atoms with Gasteiger partial charge in [0.2, 0.25) is 5.91 Å². The van der Waals surface area contributed by atoms with Crippen molar-refractivity contribution in [2.24, 2.45) is 0 Å². The lowest BCUT2D eigenvalue weighted by Crippen LogP contribution is -2.20. The van der Waals surface area contributed by atoms with E-state index in [1.807, 2.05) is 38.1 Å². The number of anilines is 1. The number of benzene rings is 1. The minimum absolute atomic E-state index is 0.0709. The van der Waals surface area contributed by atoms with Gasteiger partial charge in [-0.15, -0.1) is 0 Å². The van der Waals surface area contributed by atoms with Gasteiger partial charge in [-0.05, 0) is 31.5 Å². The Kier molecular flexibility index (Phi) is 5.49. The average molecular weight is 286 g/mol. The lowest BCUT2D eigenvalue weighted by atomic mass is 10.2. The summed E-state index contributed by atoms with van der Waals surface area (Å²) in [5.74, 6) is -0.125. The summed E-state index contributed by atoms with van der Waals surface area (Å²) in [7, 11) is 0. The minimum Gasteiger partial charge on any atom is -0.369 e. The third-order valence-electron chi connectivity index (χ3n) is 1.94. The van der Waals surface area contributed by atoms with E-state index in [4.69, 9.17) is 4.74 Å². The molecule has 1 amide bonds. The number of nitrogens with one attached hydrogen (secondary N) is 1. The van der Waals surface area contributed by atoms with Crippen LogP contribution in [0.2, 0.25) is 0 Å². The van der Waals surface area contributed by atoms with Gasteiger partial charge < -0.3 is 10.1 Å². The minimum atomic E-state index is -0.125. The van der Waals surface area contributed by atoms with Crippen LogP contribution < -0.4 is 5.32 Å². The normalized spacial score (nSPS) is 10.5. The van der Waals surface area contributed by atoms with Gasteiger partial charge >= 0.3 is 0 Å². The van der Waals surface area contributed by atoms with Crippen molar-refractivity contribution in [3.8, 4) is 0 Å². The number of hydrogen-bond donors (Lipinski definition) is 1. The molecule has 0 bridgehead atoms. The van der Waals surface area contributed by atoms with Crippen molar-refractivity contribution in [3.63, 3.8) is 0 Å². The van der Waals surface area contributed by atoms with E-state index in [-0.39, 0.29) is 18.6 Å². The summed E-state index contributed by atoms with van der Waals surface area (Å²) in [5.41, 5.74) is 1.97. The SMILES string of the molecule is CC(C)OCC(=O)Nc1ccc(CBr)cc1. The molecule has 0 unspecified atom stereocenters. The zero-order valence-corrected chi connectivity index (χ0v) is 11.1. The molecule has 1 rings (SSSR count). The predicted octanol–water partition coefficient (Wildman–Crippen LogP) is 2.95. The molecule has 0 heterocycles. The Hall–Kier alpha value is -0.870. The van der Waals surface area contributed by atoms with E-state index in [1.54, 1.807) is 0 Å².